The number of nitrogens with one attached hydrogen (secondary N) is 1. The summed E-state index contributed by atoms with van der Waals surface area (Å²) >= 11 is 0. The molecule has 130 valence electrons. The van der Waals surface area contributed by atoms with Crippen LogP contribution in [0, 0.1) is 0 Å². The summed E-state index contributed by atoms with van der Waals surface area (Å²) in [7, 11) is 1.63. The molecule has 5 heteroatoms. The van der Waals surface area contributed by atoms with Gasteiger partial charge >= 0.3 is 0 Å². The first-order valence-corrected chi connectivity index (χ1v) is 8.76. The van der Waals surface area contributed by atoms with Crippen LogP contribution in [0.25, 0.3) is 6.08 Å². The standard InChI is InChI=1S/C19H26N2O3/c1-3-11-21(16-7-9-20-10-8-16)19(22)15-12-14-5-4-6-17(23-2)18(14)24-13-15/h4-6,12,16,20H,3,7-11,13H2,1-2H3. The van der Waals surface area contributed by atoms with Gasteiger partial charge in [-0.1, -0.05) is 19.1 Å². The van der Waals surface area contributed by atoms with Gasteiger partial charge in [0.2, 0.25) is 0 Å². The third kappa shape index (κ3) is 3.41. The van der Waals surface area contributed by atoms with Crippen molar-refractivity contribution in [2.75, 3.05) is 33.4 Å². The van der Waals surface area contributed by atoms with Gasteiger partial charge in [-0.05, 0) is 44.5 Å². The molecule has 0 atom stereocenters. The molecule has 0 radical (unpaired) electrons. The van der Waals surface area contributed by atoms with Crippen LogP contribution in [0.2, 0.25) is 0 Å². The van der Waals surface area contributed by atoms with Crippen LogP contribution in [-0.2, 0) is 4.79 Å². The van der Waals surface area contributed by atoms with Gasteiger partial charge in [0.05, 0.1) is 12.7 Å². The van der Waals surface area contributed by atoms with Crippen LogP contribution in [0.4, 0.5) is 0 Å². The van der Waals surface area contributed by atoms with Crippen molar-refractivity contribution in [3.05, 3.63) is 29.3 Å². The van der Waals surface area contributed by atoms with Crippen molar-refractivity contribution in [1.29, 1.82) is 0 Å². The first kappa shape index (κ1) is 16.8. The van der Waals surface area contributed by atoms with Crippen LogP contribution in [0.15, 0.2) is 23.8 Å². The molecule has 2 aliphatic heterocycles. The fourth-order valence-corrected chi connectivity index (χ4v) is 3.46. The van der Waals surface area contributed by atoms with Crippen LogP contribution < -0.4 is 14.8 Å². The summed E-state index contributed by atoms with van der Waals surface area (Å²) in [6, 6.07) is 6.07. The Bertz CT molecular complexity index is 621. The summed E-state index contributed by atoms with van der Waals surface area (Å²) in [6.07, 6.45) is 4.95. The van der Waals surface area contributed by atoms with Crippen molar-refractivity contribution in [2.24, 2.45) is 0 Å². The van der Waals surface area contributed by atoms with Crippen molar-refractivity contribution >= 4 is 12.0 Å². The van der Waals surface area contributed by atoms with E-state index in [1.54, 1.807) is 7.11 Å². The molecular formula is C19H26N2O3. The highest BCUT2D eigenvalue weighted by molar-refractivity contribution is 5.99. The van der Waals surface area contributed by atoms with Crippen LogP contribution in [0.5, 0.6) is 11.5 Å². The van der Waals surface area contributed by atoms with Crippen LogP contribution in [0.1, 0.15) is 31.7 Å². The zero-order valence-electron chi connectivity index (χ0n) is 14.5. The number of hydrogen-bond acceptors (Lipinski definition) is 4. The minimum Gasteiger partial charge on any atom is -0.493 e. The molecule has 2 aliphatic rings. The number of rotatable bonds is 5. The van der Waals surface area contributed by atoms with Crippen molar-refractivity contribution in [2.45, 2.75) is 32.2 Å². The molecule has 2 heterocycles. The summed E-state index contributed by atoms with van der Waals surface area (Å²) < 4.78 is 11.2. The van der Waals surface area contributed by atoms with Crippen molar-refractivity contribution < 1.29 is 14.3 Å². The molecule has 5 nitrogen and oxygen atoms in total. The number of piperidine rings is 1. The molecule has 0 saturated carbocycles. The van der Waals surface area contributed by atoms with Gasteiger partial charge in [0.25, 0.3) is 5.91 Å². The summed E-state index contributed by atoms with van der Waals surface area (Å²) in [5.41, 5.74) is 1.63. The van der Waals surface area contributed by atoms with Crippen LogP contribution in [0.3, 0.4) is 0 Å². The summed E-state index contributed by atoms with van der Waals surface area (Å²) in [6.45, 7) is 5.18. The maximum Gasteiger partial charge on any atom is 0.253 e. The molecule has 0 spiro atoms. The lowest BCUT2D eigenvalue weighted by Gasteiger charge is -2.35. The van der Waals surface area contributed by atoms with E-state index in [0.717, 1.165) is 55.8 Å². The number of benzene rings is 1. The minimum atomic E-state index is 0.109. The van der Waals surface area contributed by atoms with E-state index in [2.05, 4.69) is 12.2 Å². The number of hydrogen-bond donors (Lipinski definition) is 1. The zero-order chi connectivity index (χ0) is 16.9. The van der Waals surface area contributed by atoms with E-state index in [1.807, 2.05) is 29.2 Å². The maximum atomic E-state index is 13.1. The van der Waals surface area contributed by atoms with Gasteiger partial charge < -0.3 is 19.7 Å². The average Bonchev–Trinajstić information content (AvgIpc) is 2.65. The topological polar surface area (TPSA) is 50.8 Å². The molecule has 0 unspecified atom stereocenters. The second kappa shape index (κ2) is 7.71. The van der Waals surface area contributed by atoms with Gasteiger partial charge in [0, 0.05) is 18.2 Å². The Kier molecular flexibility index (Phi) is 5.41. The number of carbonyl (C=O) groups excluding carboxylic acids is 1. The summed E-state index contributed by atoms with van der Waals surface area (Å²) in [5.74, 6) is 1.54. The lowest BCUT2D eigenvalue weighted by Crippen LogP contribution is -2.47. The Morgan fingerprint density at radius 2 is 2.17 bits per heavy atom. The molecule has 1 aromatic carbocycles. The van der Waals surface area contributed by atoms with Crippen molar-refractivity contribution in [3.63, 3.8) is 0 Å². The van der Waals surface area contributed by atoms with Gasteiger partial charge in [0.1, 0.15) is 6.61 Å². The van der Waals surface area contributed by atoms with Crippen LogP contribution in [-0.4, -0.2) is 50.2 Å². The molecule has 1 amide bonds. The fraction of sp³-hybridized carbons (Fsp3) is 0.526. The molecule has 1 saturated heterocycles. The first-order chi connectivity index (χ1) is 11.7. The highest BCUT2D eigenvalue weighted by atomic mass is 16.5. The molecule has 1 fully saturated rings. The van der Waals surface area contributed by atoms with Gasteiger partial charge in [-0.3, -0.25) is 4.79 Å². The smallest absolute Gasteiger partial charge is 0.253 e. The zero-order valence-corrected chi connectivity index (χ0v) is 14.5. The molecule has 24 heavy (non-hydrogen) atoms. The van der Waals surface area contributed by atoms with Gasteiger partial charge in [-0.15, -0.1) is 0 Å². The molecular weight excluding hydrogens is 304 g/mol. The predicted octanol–water partition coefficient (Wildman–Crippen LogP) is 2.46. The van der Waals surface area contributed by atoms with E-state index in [0.29, 0.717) is 18.4 Å². The van der Waals surface area contributed by atoms with E-state index in [-0.39, 0.29) is 5.91 Å². The largest absolute Gasteiger partial charge is 0.493 e. The van der Waals surface area contributed by atoms with Gasteiger partial charge in [0.15, 0.2) is 11.5 Å². The van der Waals surface area contributed by atoms with E-state index in [9.17, 15) is 4.79 Å². The number of para-hydroxylation sites is 1. The number of carbonyl (C=O) groups is 1. The number of methoxy groups -OCH3 is 1. The highest BCUT2D eigenvalue weighted by Crippen LogP contribution is 2.36. The van der Waals surface area contributed by atoms with Crippen LogP contribution >= 0.6 is 0 Å². The minimum absolute atomic E-state index is 0.109. The highest BCUT2D eigenvalue weighted by Gasteiger charge is 2.29. The third-order valence-corrected chi connectivity index (χ3v) is 4.68. The lowest BCUT2D eigenvalue weighted by molar-refractivity contribution is -0.130. The van der Waals surface area contributed by atoms with E-state index >= 15 is 0 Å². The van der Waals surface area contributed by atoms with E-state index in [1.165, 1.54) is 0 Å². The number of ether oxygens (including phenoxy) is 2. The third-order valence-electron chi connectivity index (χ3n) is 4.68. The van der Waals surface area contributed by atoms with E-state index in [4.69, 9.17) is 9.47 Å². The van der Waals surface area contributed by atoms with Gasteiger partial charge in [-0.25, -0.2) is 0 Å². The lowest BCUT2D eigenvalue weighted by atomic mass is 10.0. The molecule has 3 rings (SSSR count). The van der Waals surface area contributed by atoms with Gasteiger partial charge in [-0.2, -0.15) is 0 Å². The fourth-order valence-electron chi connectivity index (χ4n) is 3.46. The Morgan fingerprint density at radius 3 is 2.88 bits per heavy atom. The maximum absolute atomic E-state index is 13.1. The predicted molar refractivity (Wildman–Crippen MR) is 94.4 cm³/mol. The Hall–Kier alpha value is -2.01. The normalized spacial score (nSPS) is 17.5. The van der Waals surface area contributed by atoms with Crippen molar-refractivity contribution in [3.8, 4) is 11.5 Å². The summed E-state index contributed by atoms with van der Waals surface area (Å²) in [4.78, 5) is 15.1. The number of fused-ring (bicyclic) bond motifs is 1. The second-order valence-corrected chi connectivity index (χ2v) is 6.32. The average molecular weight is 330 g/mol. The van der Waals surface area contributed by atoms with Crippen molar-refractivity contribution in [1.82, 2.24) is 10.2 Å². The van der Waals surface area contributed by atoms with E-state index < -0.39 is 0 Å². The quantitative estimate of drug-likeness (QED) is 0.901. The monoisotopic (exact) mass is 330 g/mol. The SMILES string of the molecule is CCCN(C(=O)C1=Cc2cccc(OC)c2OC1)C1CCNCC1. The molecule has 0 bridgehead atoms. The molecule has 1 N–H and O–H groups in total. The molecule has 0 aliphatic carbocycles. The Balaban J connectivity index is 1.83. The second-order valence-electron chi connectivity index (χ2n) is 6.32. The Morgan fingerprint density at radius 1 is 1.38 bits per heavy atom. The Labute approximate surface area is 143 Å². The first-order valence-electron chi connectivity index (χ1n) is 8.76. The summed E-state index contributed by atoms with van der Waals surface area (Å²) in [5, 5.41) is 3.36. The molecule has 1 aromatic rings. The molecule has 0 aromatic heterocycles. The number of nitrogens with zero attached hydrogens (tertiary/aromatic N) is 1. The number of amides is 1.